The van der Waals surface area contributed by atoms with Crippen molar-refractivity contribution in [1.29, 1.82) is 0 Å². The topological polar surface area (TPSA) is 102 Å². The number of aliphatic hydroxyl groups is 1. The van der Waals surface area contributed by atoms with E-state index in [1.165, 1.54) is 24.1 Å². The van der Waals surface area contributed by atoms with Crippen molar-refractivity contribution in [1.82, 2.24) is 4.90 Å². The molecule has 1 heterocycles. The number of fused-ring (bicyclic) bond motifs is 1. The number of rotatable bonds is 10. The van der Waals surface area contributed by atoms with E-state index in [0.717, 1.165) is 24.8 Å². The van der Waals surface area contributed by atoms with E-state index >= 15 is 0 Å². The molecule has 0 fully saturated rings. The average Bonchev–Trinajstić information content (AvgIpc) is 3.00. The van der Waals surface area contributed by atoms with Gasteiger partial charge in [0.15, 0.2) is 17.7 Å². The monoisotopic (exact) mass is 414 g/mol. The van der Waals surface area contributed by atoms with Crippen molar-refractivity contribution in [3.63, 3.8) is 0 Å². The third-order valence-corrected chi connectivity index (χ3v) is 5.21. The molecule has 0 radical (unpaired) electrons. The molecule has 1 atom stereocenters. The van der Waals surface area contributed by atoms with Gasteiger partial charge in [0, 0.05) is 18.7 Å². The van der Waals surface area contributed by atoms with Crippen molar-refractivity contribution in [2.75, 3.05) is 20.3 Å². The molecule has 0 bridgehead atoms. The molecular formula is C22H26N2O6. The van der Waals surface area contributed by atoms with Crippen molar-refractivity contribution >= 4 is 11.6 Å². The summed E-state index contributed by atoms with van der Waals surface area (Å²) in [5, 5.41) is 21.7. The molecule has 1 N–H and O–H groups in total. The number of unbranched alkanes of at least 4 members (excludes halogenated alkanes) is 2. The van der Waals surface area contributed by atoms with Crippen LogP contribution in [0.5, 0.6) is 11.5 Å². The van der Waals surface area contributed by atoms with Crippen LogP contribution < -0.4 is 9.47 Å². The highest BCUT2D eigenvalue weighted by molar-refractivity contribution is 6.00. The average molecular weight is 414 g/mol. The summed E-state index contributed by atoms with van der Waals surface area (Å²) in [6, 6.07) is 9.49. The first-order chi connectivity index (χ1) is 14.5. The molecule has 2 aromatic rings. The number of carbonyl (C=O) groups is 1. The summed E-state index contributed by atoms with van der Waals surface area (Å²) in [7, 11) is 1.52. The van der Waals surface area contributed by atoms with E-state index in [2.05, 4.69) is 6.92 Å². The second-order valence-electron chi connectivity index (χ2n) is 7.16. The molecule has 0 aromatic heterocycles. The second-order valence-corrected chi connectivity index (χ2v) is 7.16. The van der Waals surface area contributed by atoms with Gasteiger partial charge in [-0.15, -0.1) is 0 Å². The highest BCUT2D eigenvalue weighted by atomic mass is 16.6. The van der Waals surface area contributed by atoms with Crippen LogP contribution in [0.3, 0.4) is 0 Å². The van der Waals surface area contributed by atoms with Crippen LogP contribution in [0.15, 0.2) is 36.4 Å². The Morgan fingerprint density at radius 3 is 2.53 bits per heavy atom. The SMILES string of the molecule is CCCCCOc1c(OC)ccc2c1C(O)N(CCc1ccc([N+](=O)[O-])cc1)C2=O. The molecule has 0 aliphatic carbocycles. The number of aliphatic hydroxyl groups excluding tert-OH is 1. The Kier molecular flexibility index (Phi) is 6.89. The van der Waals surface area contributed by atoms with Gasteiger partial charge in [-0.3, -0.25) is 14.9 Å². The first-order valence-electron chi connectivity index (χ1n) is 10.0. The number of benzene rings is 2. The van der Waals surface area contributed by atoms with Crippen LogP contribution >= 0.6 is 0 Å². The quantitative estimate of drug-likeness (QED) is 0.360. The smallest absolute Gasteiger partial charge is 0.269 e. The van der Waals surface area contributed by atoms with E-state index < -0.39 is 11.2 Å². The third-order valence-electron chi connectivity index (χ3n) is 5.21. The van der Waals surface area contributed by atoms with Gasteiger partial charge in [0.2, 0.25) is 0 Å². The predicted molar refractivity (Wildman–Crippen MR) is 111 cm³/mol. The number of carbonyl (C=O) groups excluding carboxylic acids is 1. The van der Waals surface area contributed by atoms with Crippen LogP contribution in [0.25, 0.3) is 0 Å². The largest absolute Gasteiger partial charge is 0.493 e. The molecule has 30 heavy (non-hydrogen) atoms. The van der Waals surface area contributed by atoms with E-state index in [9.17, 15) is 20.0 Å². The minimum absolute atomic E-state index is 0.0143. The molecule has 3 rings (SSSR count). The van der Waals surface area contributed by atoms with Gasteiger partial charge < -0.3 is 19.5 Å². The van der Waals surface area contributed by atoms with E-state index in [0.29, 0.717) is 35.7 Å². The number of nitrogens with zero attached hydrogens (tertiary/aromatic N) is 2. The zero-order valence-electron chi connectivity index (χ0n) is 17.2. The molecule has 8 heteroatoms. The number of non-ortho nitro benzene ring substituents is 1. The highest BCUT2D eigenvalue weighted by Crippen LogP contribution is 2.43. The van der Waals surface area contributed by atoms with Crippen molar-refractivity contribution in [2.45, 2.75) is 38.8 Å². The molecule has 1 amide bonds. The zero-order chi connectivity index (χ0) is 21.7. The van der Waals surface area contributed by atoms with Crippen molar-refractivity contribution < 1.29 is 24.3 Å². The summed E-state index contributed by atoms with van der Waals surface area (Å²) in [6.45, 7) is 2.85. The lowest BCUT2D eigenvalue weighted by Gasteiger charge is -2.22. The van der Waals surface area contributed by atoms with E-state index in [4.69, 9.17) is 9.47 Å². The highest BCUT2D eigenvalue weighted by Gasteiger charge is 2.39. The molecule has 160 valence electrons. The Hall–Kier alpha value is -3.13. The molecule has 1 unspecified atom stereocenters. The summed E-state index contributed by atoms with van der Waals surface area (Å²) in [5.74, 6) is 0.611. The first-order valence-corrected chi connectivity index (χ1v) is 10.0. The fraction of sp³-hybridized carbons (Fsp3) is 0.409. The Morgan fingerprint density at radius 2 is 1.90 bits per heavy atom. The summed E-state index contributed by atoms with van der Waals surface area (Å²) in [4.78, 5) is 24.6. The minimum Gasteiger partial charge on any atom is -0.493 e. The maximum absolute atomic E-state index is 12.9. The number of methoxy groups -OCH3 is 1. The number of nitro benzene ring substituents is 1. The molecule has 1 aliphatic heterocycles. The fourth-order valence-electron chi connectivity index (χ4n) is 3.54. The van der Waals surface area contributed by atoms with Crippen LogP contribution in [0.4, 0.5) is 5.69 Å². The lowest BCUT2D eigenvalue weighted by atomic mass is 10.1. The van der Waals surface area contributed by atoms with Gasteiger partial charge in [-0.1, -0.05) is 31.9 Å². The van der Waals surface area contributed by atoms with Crippen LogP contribution in [0.1, 0.15) is 53.9 Å². The van der Waals surface area contributed by atoms with E-state index in [1.807, 2.05) is 0 Å². The van der Waals surface area contributed by atoms with Gasteiger partial charge >= 0.3 is 0 Å². The van der Waals surface area contributed by atoms with Gasteiger partial charge in [0.05, 0.1) is 29.8 Å². The van der Waals surface area contributed by atoms with Gasteiger partial charge in [0.1, 0.15) is 0 Å². The predicted octanol–water partition coefficient (Wildman–Crippen LogP) is 3.86. The Labute approximate surface area is 175 Å². The first kappa shape index (κ1) is 21.6. The van der Waals surface area contributed by atoms with Crippen molar-refractivity contribution in [2.24, 2.45) is 0 Å². The zero-order valence-corrected chi connectivity index (χ0v) is 17.2. The maximum atomic E-state index is 12.9. The van der Waals surface area contributed by atoms with Gasteiger partial charge in [-0.2, -0.15) is 0 Å². The number of ether oxygens (including phenoxy) is 2. The summed E-state index contributed by atoms with van der Waals surface area (Å²) in [6.07, 6.45) is 2.28. The summed E-state index contributed by atoms with van der Waals surface area (Å²) in [5.41, 5.74) is 1.68. The Balaban J connectivity index is 1.76. The number of nitro groups is 1. The second kappa shape index (κ2) is 9.58. The van der Waals surface area contributed by atoms with Crippen molar-refractivity contribution in [3.05, 3.63) is 63.2 Å². The maximum Gasteiger partial charge on any atom is 0.269 e. The minimum atomic E-state index is -1.14. The molecule has 0 saturated carbocycles. The Morgan fingerprint density at radius 1 is 1.17 bits per heavy atom. The third kappa shape index (κ3) is 4.38. The molecule has 8 nitrogen and oxygen atoms in total. The van der Waals surface area contributed by atoms with E-state index in [1.54, 1.807) is 24.3 Å². The van der Waals surface area contributed by atoms with Gasteiger partial charge in [-0.25, -0.2) is 0 Å². The van der Waals surface area contributed by atoms with Gasteiger partial charge in [-0.05, 0) is 30.5 Å². The molecular weight excluding hydrogens is 388 g/mol. The molecule has 2 aromatic carbocycles. The van der Waals surface area contributed by atoms with Crippen LogP contribution in [-0.4, -0.2) is 41.1 Å². The standard InChI is InChI=1S/C22H26N2O6/c1-3-4-5-14-30-20-18(29-2)11-10-17-19(20)22(26)23(21(17)25)13-12-15-6-8-16(9-7-15)24(27)28/h6-11,22,26H,3-5,12-14H2,1-2H3. The number of hydrogen-bond donors (Lipinski definition) is 1. The van der Waals surface area contributed by atoms with Crippen LogP contribution in [-0.2, 0) is 6.42 Å². The van der Waals surface area contributed by atoms with E-state index in [-0.39, 0.29) is 18.1 Å². The molecule has 1 aliphatic rings. The number of amides is 1. The number of hydrogen-bond acceptors (Lipinski definition) is 6. The molecule has 0 saturated heterocycles. The lowest BCUT2D eigenvalue weighted by Crippen LogP contribution is -2.30. The van der Waals surface area contributed by atoms with Crippen molar-refractivity contribution in [3.8, 4) is 11.5 Å². The van der Waals surface area contributed by atoms with Gasteiger partial charge in [0.25, 0.3) is 11.6 Å². The summed E-state index contributed by atoms with van der Waals surface area (Å²) >= 11 is 0. The van der Waals surface area contributed by atoms with Crippen LogP contribution in [0.2, 0.25) is 0 Å². The normalized spacial score (nSPS) is 15.2. The summed E-state index contributed by atoms with van der Waals surface area (Å²) < 4.78 is 11.3. The molecule has 0 spiro atoms. The fourth-order valence-corrected chi connectivity index (χ4v) is 3.54. The lowest BCUT2D eigenvalue weighted by molar-refractivity contribution is -0.384. The van der Waals surface area contributed by atoms with Crippen LogP contribution in [0, 0.1) is 10.1 Å². The Bertz CT molecular complexity index is 913.